The molecule has 0 radical (unpaired) electrons. The van der Waals surface area contributed by atoms with E-state index in [1.54, 1.807) is 6.92 Å². The van der Waals surface area contributed by atoms with Crippen molar-refractivity contribution in [2.45, 2.75) is 30.9 Å². The average Bonchev–Trinajstić information content (AvgIpc) is 2.97. The maximum Gasteiger partial charge on any atom is 0.435 e. The summed E-state index contributed by atoms with van der Waals surface area (Å²) in [7, 11) is 2.72. The van der Waals surface area contributed by atoms with E-state index < -0.39 is 17.5 Å². The smallest absolute Gasteiger partial charge is 0.435 e. The molecule has 2 rings (SSSR count). The molecular formula is C12H15ClF3N3O2S. The molecular weight excluding hydrogens is 343 g/mol. The highest BCUT2D eigenvalue weighted by Gasteiger charge is 2.40. The third kappa shape index (κ3) is 3.45. The number of oxime groups is 1. The van der Waals surface area contributed by atoms with Crippen LogP contribution < -0.4 is 4.74 Å². The molecule has 0 aromatic carbocycles. The van der Waals surface area contributed by atoms with Gasteiger partial charge < -0.3 is 9.57 Å². The molecule has 1 unspecified atom stereocenters. The molecule has 5 nitrogen and oxygen atoms in total. The molecule has 1 aromatic heterocycles. The lowest BCUT2D eigenvalue weighted by Gasteiger charge is -2.16. The highest BCUT2D eigenvalue weighted by Crippen LogP contribution is 2.38. The summed E-state index contributed by atoms with van der Waals surface area (Å²) in [5.74, 6) is 0.372. The lowest BCUT2D eigenvalue weighted by Crippen LogP contribution is -2.26. The van der Waals surface area contributed by atoms with Crippen LogP contribution in [0.3, 0.4) is 0 Å². The predicted octanol–water partition coefficient (Wildman–Crippen LogP) is 3.41. The largest absolute Gasteiger partial charge is 0.481 e. The number of halogens is 4. The fourth-order valence-corrected chi connectivity index (χ4v) is 3.23. The number of rotatable bonds is 4. The van der Waals surface area contributed by atoms with Crippen LogP contribution in [0.1, 0.15) is 24.6 Å². The van der Waals surface area contributed by atoms with Crippen LogP contribution in [-0.2, 0) is 23.8 Å². The first-order valence-corrected chi connectivity index (χ1v) is 7.83. The molecule has 1 aliphatic heterocycles. The second kappa shape index (κ2) is 6.19. The molecule has 2 heterocycles. The molecule has 0 fully saturated rings. The maximum absolute atomic E-state index is 13.0. The molecule has 10 heteroatoms. The van der Waals surface area contributed by atoms with Crippen molar-refractivity contribution in [1.82, 2.24) is 9.78 Å². The highest BCUT2D eigenvalue weighted by atomic mass is 35.5. The summed E-state index contributed by atoms with van der Waals surface area (Å²) in [5.41, 5.74) is -1.56. The molecule has 0 amide bonds. The van der Waals surface area contributed by atoms with Gasteiger partial charge in [0, 0.05) is 19.2 Å². The number of hydrogen-bond acceptors (Lipinski definition) is 5. The number of aryl methyl sites for hydroxylation is 1. The van der Waals surface area contributed by atoms with Gasteiger partial charge in [0.25, 0.3) is 0 Å². The van der Waals surface area contributed by atoms with Crippen LogP contribution >= 0.6 is 23.4 Å². The number of thioether (sulfide) groups is 1. The molecule has 0 bridgehead atoms. The number of alkyl halides is 4. The van der Waals surface area contributed by atoms with E-state index in [0.717, 1.165) is 16.4 Å². The van der Waals surface area contributed by atoms with Crippen molar-refractivity contribution < 1.29 is 22.7 Å². The number of aromatic nitrogens is 2. The standard InChI is InChI=1S/C12H15ClF3N3O2S/c1-11(6-13)4-8(18-21-11)22-5-7-9(12(14,15)16)17-19(2)10(7)20-3/h4-6H2,1-3H3. The van der Waals surface area contributed by atoms with Gasteiger partial charge in [-0.1, -0.05) is 5.16 Å². The van der Waals surface area contributed by atoms with Gasteiger partial charge in [0.2, 0.25) is 5.88 Å². The normalized spacial score (nSPS) is 21.7. The first-order chi connectivity index (χ1) is 10.2. The van der Waals surface area contributed by atoms with Gasteiger partial charge in [-0.05, 0) is 6.92 Å². The van der Waals surface area contributed by atoms with Crippen molar-refractivity contribution in [2.24, 2.45) is 12.2 Å². The highest BCUT2D eigenvalue weighted by molar-refractivity contribution is 8.13. The Bertz CT molecular complexity index is 591. The number of ether oxygens (including phenoxy) is 1. The van der Waals surface area contributed by atoms with Crippen molar-refractivity contribution in [3.05, 3.63) is 11.3 Å². The van der Waals surface area contributed by atoms with Gasteiger partial charge >= 0.3 is 6.18 Å². The van der Waals surface area contributed by atoms with Crippen LogP contribution in [0.15, 0.2) is 5.16 Å². The molecule has 124 valence electrons. The Balaban J connectivity index is 2.16. The molecule has 1 aliphatic rings. The van der Waals surface area contributed by atoms with Crippen LogP contribution in [-0.4, -0.2) is 33.4 Å². The number of methoxy groups -OCH3 is 1. The minimum atomic E-state index is -4.54. The summed E-state index contributed by atoms with van der Waals surface area (Å²) in [4.78, 5) is 5.21. The fraction of sp³-hybridized carbons (Fsp3) is 0.667. The van der Waals surface area contributed by atoms with Gasteiger partial charge in [-0.15, -0.1) is 23.4 Å². The Kier molecular flexibility index (Phi) is 4.86. The summed E-state index contributed by atoms with van der Waals surface area (Å²) >= 11 is 6.94. The number of hydrogen-bond donors (Lipinski definition) is 0. The Labute approximate surface area is 134 Å². The van der Waals surface area contributed by atoms with Crippen LogP contribution in [0.2, 0.25) is 0 Å². The Morgan fingerprint density at radius 3 is 2.68 bits per heavy atom. The van der Waals surface area contributed by atoms with Crippen LogP contribution in [0.25, 0.3) is 0 Å². The SMILES string of the molecule is COc1c(CSC2=NOC(C)(CCl)C2)c(C(F)(F)F)nn1C. The monoisotopic (exact) mass is 357 g/mol. The zero-order valence-electron chi connectivity index (χ0n) is 12.2. The summed E-state index contributed by atoms with van der Waals surface area (Å²) < 4.78 is 45.2. The third-order valence-electron chi connectivity index (χ3n) is 3.11. The first kappa shape index (κ1) is 17.3. The van der Waals surface area contributed by atoms with Crippen molar-refractivity contribution in [2.75, 3.05) is 13.0 Å². The maximum atomic E-state index is 13.0. The lowest BCUT2D eigenvalue weighted by atomic mass is 10.1. The average molecular weight is 358 g/mol. The predicted molar refractivity (Wildman–Crippen MR) is 78.3 cm³/mol. The molecule has 1 aromatic rings. The van der Waals surface area contributed by atoms with Crippen LogP contribution in [0, 0.1) is 0 Å². The Hall–Kier alpha value is -1.09. The van der Waals surface area contributed by atoms with E-state index in [-0.39, 0.29) is 23.1 Å². The minimum Gasteiger partial charge on any atom is -0.481 e. The molecule has 0 saturated heterocycles. The Morgan fingerprint density at radius 2 is 2.18 bits per heavy atom. The number of nitrogens with zero attached hydrogens (tertiary/aromatic N) is 3. The Morgan fingerprint density at radius 1 is 1.50 bits per heavy atom. The summed E-state index contributed by atoms with van der Waals surface area (Å²) in [6.45, 7) is 1.79. The van der Waals surface area contributed by atoms with E-state index in [1.807, 2.05) is 0 Å². The van der Waals surface area contributed by atoms with Gasteiger partial charge in [0.1, 0.15) is 5.04 Å². The topological polar surface area (TPSA) is 48.6 Å². The van der Waals surface area contributed by atoms with Crippen LogP contribution in [0.4, 0.5) is 13.2 Å². The van der Waals surface area contributed by atoms with Crippen LogP contribution in [0.5, 0.6) is 5.88 Å². The van der Waals surface area contributed by atoms with Gasteiger partial charge in [0.15, 0.2) is 11.3 Å². The van der Waals surface area contributed by atoms with E-state index in [4.69, 9.17) is 21.2 Å². The zero-order chi connectivity index (χ0) is 16.5. The molecule has 0 saturated carbocycles. The summed E-state index contributed by atoms with van der Waals surface area (Å²) in [6.07, 6.45) is -4.08. The second-order valence-electron chi connectivity index (χ2n) is 5.08. The summed E-state index contributed by atoms with van der Waals surface area (Å²) in [5, 5.41) is 7.98. The van der Waals surface area contributed by atoms with E-state index in [2.05, 4.69) is 10.3 Å². The molecule has 0 N–H and O–H groups in total. The molecule has 1 atom stereocenters. The van der Waals surface area contributed by atoms with Crippen molar-refractivity contribution >= 4 is 28.4 Å². The van der Waals surface area contributed by atoms with E-state index in [9.17, 15) is 13.2 Å². The first-order valence-electron chi connectivity index (χ1n) is 6.31. The van der Waals surface area contributed by atoms with Gasteiger partial charge in [-0.2, -0.15) is 18.3 Å². The third-order valence-corrected chi connectivity index (χ3v) is 4.66. The minimum absolute atomic E-state index is 0.00956. The van der Waals surface area contributed by atoms with Gasteiger partial charge in [-0.3, -0.25) is 0 Å². The quantitative estimate of drug-likeness (QED) is 0.775. The lowest BCUT2D eigenvalue weighted by molar-refractivity contribution is -0.141. The van der Waals surface area contributed by atoms with Gasteiger partial charge in [0.05, 0.1) is 18.6 Å². The van der Waals surface area contributed by atoms with Gasteiger partial charge in [-0.25, -0.2) is 4.68 Å². The second-order valence-corrected chi connectivity index (χ2v) is 6.40. The molecule has 0 aliphatic carbocycles. The van der Waals surface area contributed by atoms with Crippen molar-refractivity contribution in [3.63, 3.8) is 0 Å². The van der Waals surface area contributed by atoms with E-state index in [1.165, 1.54) is 14.2 Å². The van der Waals surface area contributed by atoms with E-state index in [0.29, 0.717) is 11.5 Å². The van der Waals surface area contributed by atoms with E-state index >= 15 is 0 Å². The van der Waals surface area contributed by atoms with Crippen molar-refractivity contribution in [1.29, 1.82) is 0 Å². The van der Waals surface area contributed by atoms with Crippen molar-refractivity contribution in [3.8, 4) is 5.88 Å². The fourth-order valence-electron chi connectivity index (χ4n) is 2.02. The molecule has 0 spiro atoms. The molecule has 22 heavy (non-hydrogen) atoms. The zero-order valence-corrected chi connectivity index (χ0v) is 13.8. The summed E-state index contributed by atoms with van der Waals surface area (Å²) in [6, 6.07) is 0.